The van der Waals surface area contributed by atoms with E-state index in [0.717, 1.165) is 18.5 Å². The van der Waals surface area contributed by atoms with E-state index in [9.17, 15) is 4.79 Å². The van der Waals surface area contributed by atoms with Crippen LogP contribution in [0.1, 0.15) is 30.7 Å². The summed E-state index contributed by atoms with van der Waals surface area (Å²) < 4.78 is 4.94. The molecule has 3 heteroatoms. The summed E-state index contributed by atoms with van der Waals surface area (Å²) in [5, 5.41) is 3.43. The van der Waals surface area contributed by atoms with Gasteiger partial charge in [-0.2, -0.15) is 0 Å². The maximum absolute atomic E-state index is 11.9. The van der Waals surface area contributed by atoms with Gasteiger partial charge in [0, 0.05) is 6.04 Å². The van der Waals surface area contributed by atoms with E-state index >= 15 is 0 Å². The summed E-state index contributed by atoms with van der Waals surface area (Å²) in [4.78, 5) is 11.9. The third-order valence-electron chi connectivity index (χ3n) is 3.36. The van der Waals surface area contributed by atoms with Crippen LogP contribution in [0.3, 0.4) is 0 Å². The molecule has 17 heavy (non-hydrogen) atoms. The standard InChI is InChI=1S/C14H19NO2/c1-17-14(16)13(11-7-3-2-4-8-11)12-9-5-6-10-15-12/h2-4,7-8,12-13,15H,5-6,9-10H2,1H3/t12-,13+/m0/s1. The molecule has 1 aromatic carbocycles. The molecule has 1 aromatic rings. The molecule has 0 aromatic heterocycles. The Labute approximate surface area is 102 Å². The molecule has 92 valence electrons. The molecule has 0 bridgehead atoms. The molecule has 1 aliphatic rings. The number of methoxy groups -OCH3 is 1. The van der Waals surface area contributed by atoms with Crippen molar-refractivity contribution in [2.24, 2.45) is 0 Å². The lowest BCUT2D eigenvalue weighted by atomic mass is 9.86. The molecule has 3 nitrogen and oxygen atoms in total. The van der Waals surface area contributed by atoms with Gasteiger partial charge in [-0.1, -0.05) is 36.8 Å². The predicted molar refractivity (Wildman–Crippen MR) is 66.8 cm³/mol. The van der Waals surface area contributed by atoms with Gasteiger partial charge in [0.05, 0.1) is 13.0 Å². The SMILES string of the molecule is COC(=O)[C@H](c1ccccc1)[C@@H]1CCCCN1. The molecule has 1 saturated heterocycles. The van der Waals surface area contributed by atoms with Gasteiger partial charge in [-0.15, -0.1) is 0 Å². The number of esters is 1. The summed E-state index contributed by atoms with van der Waals surface area (Å²) in [5.74, 6) is -0.322. The third kappa shape index (κ3) is 2.86. The fraction of sp³-hybridized carbons (Fsp3) is 0.500. The van der Waals surface area contributed by atoms with E-state index < -0.39 is 0 Å². The maximum atomic E-state index is 11.9. The van der Waals surface area contributed by atoms with Crippen LogP contribution < -0.4 is 5.32 Å². The summed E-state index contributed by atoms with van der Waals surface area (Å²) in [6, 6.07) is 10.1. The normalized spacial score (nSPS) is 21.8. The van der Waals surface area contributed by atoms with E-state index in [1.807, 2.05) is 30.3 Å². The fourth-order valence-electron chi connectivity index (χ4n) is 2.48. The molecular weight excluding hydrogens is 214 g/mol. The average Bonchev–Trinajstić information content (AvgIpc) is 2.41. The molecule has 1 N–H and O–H groups in total. The quantitative estimate of drug-likeness (QED) is 0.812. The van der Waals surface area contributed by atoms with E-state index in [1.165, 1.54) is 20.0 Å². The van der Waals surface area contributed by atoms with E-state index in [0.29, 0.717) is 0 Å². The molecule has 0 radical (unpaired) electrons. The molecule has 1 heterocycles. The minimum Gasteiger partial charge on any atom is -0.469 e. The van der Waals surface area contributed by atoms with Crippen LogP contribution in [0, 0.1) is 0 Å². The fourth-order valence-corrected chi connectivity index (χ4v) is 2.48. The Kier molecular flexibility index (Phi) is 4.15. The molecule has 0 unspecified atom stereocenters. The number of benzene rings is 1. The zero-order valence-electron chi connectivity index (χ0n) is 10.2. The predicted octanol–water partition coefficient (Wildman–Crippen LogP) is 2.09. The van der Waals surface area contributed by atoms with Crippen LogP contribution in [0.25, 0.3) is 0 Å². The van der Waals surface area contributed by atoms with Crippen LogP contribution in [0.4, 0.5) is 0 Å². The highest BCUT2D eigenvalue weighted by Crippen LogP contribution is 2.26. The van der Waals surface area contributed by atoms with Crippen molar-refractivity contribution in [2.45, 2.75) is 31.2 Å². The minimum absolute atomic E-state index is 0.143. The van der Waals surface area contributed by atoms with Gasteiger partial charge < -0.3 is 10.1 Å². The highest BCUT2D eigenvalue weighted by atomic mass is 16.5. The minimum atomic E-state index is -0.179. The lowest BCUT2D eigenvalue weighted by Gasteiger charge is -2.29. The highest BCUT2D eigenvalue weighted by Gasteiger charge is 2.31. The van der Waals surface area contributed by atoms with E-state index in [4.69, 9.17) is 4.74 Å². The second-order valence-electron chi connectivity index (χ2n) is 4.47. The number of carbonyl (C=O) groups is 1. The Morgan fingerprint density at radius 2 is 2.12 bits per heavy atom. The number of rotatable bonds is 3. The van der Waals surface area contributed by atoms with Gasteiger partial charge in [0.25, 0.3) is 0 Å². The lowest BCUT2D eigenvalue weighted by Crippen LogP contribution is -2.42. The van der Waals surface area contributed by atoms with E-state index in [1.54, 1.807) is 0 Å². The Bertz CT molecular complexity index is 358. The van der Waals surface area contributed by atoms with Crippen molar-refractivity contribution in [3.8, 4) is 0 Å². The summed E-state index contributed by atoms with van der Waals surface area (Å²) in [5.41, 5.74) is 1.04. The van der Waals surface area contributed by atoms with Crippen molar-refractivity contribution in [1.29, 1.82) is 0 Å². The summed E-state index contributed by atoms with van der Waals surface area (Å²) in [6.45, 7) is 0.991. The Balaban J connectivity index is 2.21. The van der Waals surface area contributed by atoms with Crippen LogP contribution in [-0.2, 0) is 9.53 Å². The molecule has 0 saturated carbocycles. The van der Waals surface area contributed by atoms with Gasteiger partial charge in [-0.25, -0.2) is 0 Å². The summed E-state index contributed by atoms with van der Waals surface area (Å²) >= 11 is 0. The van der Waals surface area contributed by atoms with Crippen molar-refractivity contribution in [2.75, 3.05) is 13.7 Å². The van der Waals surface area contributed by atoms with Crippen molar-refractivity contribution < 1.29 is 9.53 Å². The third-order valence-corrected chi connectivity index (χ3v) is 3.36. The second-order valence-corrected chi connectivity index (χ2v) is 4.47. The van der Waals surface area contributed by atoms with Gasteiger partial charge in [0.2, 0.25) is 0 Å². The van der Waals surface area contributed by atoms with Gasteiger partial charge >= 0.3 is 5.97 Å². The van der Waals surface area contributed by atoms with Gasteiger partial charge in [-0.3, -0.25) is 4.79 Å². The molecule has 1 aliphatic heterocycles. The summed E-state index contributed by atoms with van der Waals surface area (Å²) in [6.07, 6.45) is 3.41. The molecule has 0 aliphatic carbocycles. The maximum Gasteiger partial charge on any atom is 0.314 e. The molecule has 2 atom stereocenters. The molecule has 0 spiro atoms. The van der Waals surface area contributed by atoms with Crippen LogP contribution in [0.2, 0.25) is 0 Å². The average molecular weight is 233 g/mol. The number of nitrogens with one attached hydrogen (secondary N) is 1. The first-order chi connectivity index (χ1) is 8.33. The Morgan fingerprint density at radius 1 is 1.35 bits per heavy atom. The highest BCUT2D eigenvalue weighted by molar-refractivity contribution is 5.79. The first kappa shape index (κ1) is 12.1. The Morgan fingerprint density at radius 3 is 2.71 bits per heavy atom. The van der Waals surface area contributed by atoms with Crippen molar-refractivity contribution >= 4 is 5.97 Å². The second kappa shape index (κ2) is 5.82. The zero-order valence-corrected chi connectivity index (χ0v) is 10.2. The van der Waals surface area contributed by atoms with Gasteiger partial charge in [-0.05, 0) is 24.9 Å². The number of ether oxygens (including phenoxy) is 1. The first-order valence-electron chi connectivity index (χ1n) is 6.19. The van der Waals surface area contributed by atoms with Gasteiger partial charge in [0.1, 0.15) is 0 Å². The zero-order chi connectivity index (χ0) is 12.1. The number of piperidine rings is 1. The van der Waals surface area contributed by atoms with E-state index in [2.05, 4.69) is 5.32 Å². The van der Waals surface area contributed by atoms with Crippen LogP contribution >= 0.6 is 0 Å². The molecule has 2 rings (SSSR count). The van der Waals surface area contributed by atoms with Crippen LogP contribution in [0.5, 0.6) is 0 Å². The smallest absolute Gasteiger partial charge is 0.314 e. The topological polar surface area (TPSA) is 38.3 Å². The van der Waals surface area contributed by atoms with Crippen molar-refractivity contribution in [3.05, 3.63) is 35.9 Å². The Hall–Kier alpha value is -1.35. The molecule has 0 amide bonds. The number of hydrogen-bond acceptors (Lipinski definition) is 3. The van der Waals surface area contributed by atoms with Crippen LogP contribution in [0.15, 0.2) is 30.3 Å². The van der Waals surface area contributed by atoms with Crippen molar-refractivity contribution in [3.63, 3.8) is 0 Å². The summed E-state index contributed by atoms with van der Waals surface area (Å²) in [7, 11) is 1.46. The monoisotopic (exact) mass is 233 g/mol. The molecular formula is C14H19NO2. The van der Waals surface area contributed by atoms with E-state index in [-0.39, 0.29) is 17.9 Å². The van der Waals surface area contributed by atoms with Gasteiger partial charge in [0.15, 0.2) is 0 Å². The largest absolute Gasteiger partial charge is 0.469 e. The molecule has 1 fully saturated rings. The van der Waals surface area contributed by atoms with Crippen LogP contribution in [-0.4, -0.2) is 25.7 Å². The first-order valence-corrected chi connectivity index (χ1v) is 6.19. The van der Waals surface area contributed by atoms with Crippen molar-refractivity contribution in [1.82, 2.24) is 5.32 Å². The number of hydrogen-bond donors (Lipinski definition) is 1. The number of carbonyl (C=O) groups excluding carboxylic acids is 1. The lowest BCUT2D eigenvalue weighted by molar-refractivity contribution is -0.143.